The Hall–Kier alpha value is -3.77. The van der Waals surface area contributed by atoms with Gasteiger partial charge in [-0.05, 0) is 73.7 Å². The minimum atomic E-state index is -4.08. The summed E-state index contributed by atoms with van der Waals surface area (Å²) in [6.45, 7) is 2.10. The van der Waals surface area contributed by atoms with Gasteiger partial charge in [0.25, 0.3) is 26.0 Å². The predicted octanol–water partition coefficient (Wildman–Crippen LogP) is 3.06. The van der Waals surface area contributed by atoms with Crippen LogP contribution in [0.25, 0.3) is 0 Å². The number of carbonyl (C=O) groups is 1. The summed E-state index contributed by atoms with van der Waals surface area (Å²) in [5.41, 5.74) is 0.560. The van der Waals surface area contributed by atoms with E-state index < -0.39 is 26.0 Å². The van der Waals surface area contributed by atoms with Crippen molar-refractivity contribution in [2.45, 2.75) is 16.7 Å². The van der Waals surface area contributed by atoms with Gasteiger partial charge in [-0.25, -0.2) is 16.8 Å². The molecule has 0 heterocycles. The van der Waals surface area contributed by atoms with E-state index >= 15 is 0 Å². The van der Waals surface area contributed by atoms with E-state index in [1.54, 1.807) is 31.2 Å². The molecule has 0 fully saturated rings. The lowest BCUT2D eigenvalue weighted by molar-refractivity contribution is 0.0952. The zero-order valence-corrected chi connectivity index (χ0v) is 20.9. The van der Waals surface area contributed by atoms with Gasteiger partial charge in [0.05, 0.1) is 29.6 Å². The molecule has 0 saturated carbocycles. The number of amides is 1. The van der Waals surface area contributed by atoms with Crippen molar-refractivity contribution in [2.75, 3.05) is 30.2 Å². The SMILES string of the molecule is CCNC(=O)c1cc(S(=O)(=O)Nc2ccc(S(=O)(=O)Nc3ccc(OC)cc3)cc2)ccc1OC. The van der Waals surface area contributed by atoms with Gasteiger partial charge in [0.2, 0.25) is 0 Å². The summed E-state index contributed by atoms with van der Waals surface area (Å²) in [5.74, 6) is 0.341. The van der Waals surface area contributed by atoms with Crippen LogP contribution >= 0.6 is 0 Å². The molecule has 35 heavy (non-hydrogen) atoms. The van der Waals surface area contributed by atoms with E-state index in [2.05, 4.69) is 14.8 Å². The average Bonchev–Trinajstić information content (AvgIpc) is 2.84. The molecule has 0 saturated heterocycles. The first-order chi connectivity index (χ1) is 16.6. The van der Waals surface area contributed by atoms with Gasteiger partial charge in [-0.15, -0.1) is 0 Å². The van der Waals surface area contributed by atoms with E-state index in [0.717, 1.165) is 0 Å². The van der Waals surface area contributed by atoms with Gasteiger partial charge in [0.1, 0.15) is 11.5 Å². The van der Waals surface area contributed by atoms with Crippen LogP contribution < -0.4 is 24.2 Å². The van der Waals surface area contributed by atoms with Crippen LogP contribution in [0.2, 0.25) is 0 Å². The number of carbonyl (C=O) groups excluding carboxylic acids is 1. The molecule has 0 aliphatic rings. The Kier molecular flexibility index (Phi) is 7.87. The largest absolute Gasteiger partial charge is 0.497 e. The molecule has 0 radical (unpaired) electrons. The molecule has 3 rings (SSSR count). The molecule has 0 atom stereocenters. The molecule has 0 unspecified atom stereocenters. The normalized spacial score (nSPS) is 11.4. The number of ether oxygens (including phenoxy) is 2. The van der Waals surface area contributed by atoms with Crippen LogP contribution in [0.1, 0.15) is 17.3 Å². The molecular weight excluding hydrogens is 494 g/mol. The van der Waals surface area contributed by atoms with Crippen molar-refractivity contribution in [1.82, 2.24) is 5.32 Å². The van der Waals surface area contributed by atoms with Crippen molar-refractivity contribution >= 4 is 37.3 Å². The van der Waals surface area contributed by atoms with E-state index in [0.29, 0.717) is 18.0 Å². The second-order valence-corrected chi connectivity index (χ2v) is 10.6. The number of benzene rings is 3. The minimum Gasteiger partial charge on any atom is -0.497 e. The van der Waals surface area contributed by atoms with Gasteiger partial charge < -0.3 is 14.8 Å². The number of sulfonamides is 2. The van der Waals surface area contributed by atoms with E-state index in [1.165, 1.54) is 56.7 Å². The molecule has 0 aliphatic carbocycles. The summed E-state index contributed by atoms with van der Waals surface area (Å²) in [7, 11) is -5.09. The second-order valence-electron chi connectivity index (χ2n) is 7.19. The van der Waals surface area contributed by atoms with Gasteiger partial charge in [0, 0.05) is 17.9 Å². The van der Waals surface area contributed by atoms with Crippen LogP contribution in [0.4, 0.5) is 11.4 Å². The zero-order valence-electron chi connectivity index (χ0n) is 19.2. The Morgan fingerprint density at radius 1 is 0.743 bits per heavy atom. The molecule has 12 heteroatoms. The molecule has 0 spiro atoms. The Morgan fingerprint density at radius 3 is 1.77 bits per heavy atom. The summed E-state index contributed by atoms with van der Waals surface area (Å²) in [6, 6.07) is 15.5. The summed E-state index contributed by atoms with van der Waals surface area (Å²) in [5, 5.41) is 2.61. The lowest BCUT2D eigenvalue weighted by atomic mass is 10.2. The molecule has 3 aromatic carbocycles. The Bertz CT molecular complexity index is 1400. The van der Waals surface area contributed by atoms with Crippen LogP contribution in [0.15, 0.2) is 76.5 Å². The fourth-order valence-corrected chi connectivity index (χ4v) is 5.22. The van der Waals surface area contributed by atoms with Crippen LogP contribution in [-0.4, -0.2) is 43.5 Å². The highest BCUT2D eigenvalue weighted by molar-refractivity contribution is 7.93. The maximum absolute atomic E-state index is 12.9. The number of hydrogen-bond acceptors (Lipinski definition) is 7. The number of anilines is 2. The summed E-state index contributed by atoms with van der Waals surface area (Å²) >= 11 is 0. The topological polar surface area (TPSA) is 140 Å². The number of rotatable bonds is 10. The Morgan fingerprint density at radius 2 is 1.26 bits per heavy atom. The highest BCUT2D eigenvalue weighted by Gasteiger charge is 2.21. The molecule has 0 aliphatic heterocycles. The second kappa shape index (κ2) is 10.7. The molecule has 10 nitrogen and oxygen atoms in total. The molecule has 0 bridgehead atoms. The summed E-state index contributed by atoms with van der Waals surface area (Å²) < 4.78 is 66.1. The number of hydrogen-bond donors (Lipinski definition) is 3. The maximum Gasteiger partial charge on any atom is 0.261 e. The monoisotopic (exact) mass is 519 g/mol. The molecule has 3 N–H and O–H groups in total. The Labute approximate surface area is 204 Å². The van der Waals surface area contributed by atoms with Gasteiger partial charge in [-0.2, -0.15) is 0 Å². The molecule has 0 aromatic heterocycles. The third-order valence-electron chi connectivity index (χ3n) is 4.82. The fraction of sp³-hybridized carbons (Fsp3) is 0.174. The fourth-order valence-electron chi connectivity index (χ4n) is 3.08. The lowest BCUT2D eigenvalue weighted by Gasteiger charge is -2.13. The van der Waals surface area contributed by atoms with Crippen molar-refractivity contribution in [3.05, 3.63) is 72.3 Å². The average molecular weight is 520 g/mol. The predicted molar refractivity (Wildman–Crippen MR) is 132 cm³/mol. The lowest BCUT2D eigenvalue weighted by Crippen LogP contribution is -2.24. The van der Waals surface area contributed by atoms with Crippen molar-refractivity contribution < 1.29 is 31.1 Å². The van der Waals surface area contributed by atoms with E-state index in [4.69, 9.17) is 9.47 Å². The van der Waals surface area contributed by atoms with Crippen molar-refractivity contribution in [1.29, 1.82) is 0 Å². The third-order valence-corrected chi connectivity index (χ3v) is 7.60. The molecule has 1 amide bonds. The first kappa shape index (κ1) is 25.8. The summed E-state index contributed by atoms with van der Waals surface area (Å²) in [6.07, 6.45) is 0. The van der Waals surface area contributed by atoms with E-state index in [-0.39, 0.29) is 26.8 Å². The van der Waals surface area contributed by atoms with E-state index in [9.17, 15) is 21.6 Å². The minimum absolute atomic E-state index is 0.0563. The first-order valence-corrected chi connectivity index (χ1v) is 13.3. The smallest absolute Gasteiger partial charge is 0.261 e. The maximum atomic E-state index is 12.9. The third kappa shape index (κ3) is 6.22. The highest BCUT2D eigenvalue weighted by atomic mass is 32.2. The van der Waals surface area contributed by atoms with Crippen molar-refractivity contribution in [2.24, 2.45) is 0 Å². The quantitative estimate of drug-likeness (QED) is 0.374. The van der Waals surface area contributed by atoms with Crippen LogP contribution in [0, 0.1) is 0 Å². The number of methoxy groups -OCH3 is 2. The Balaban J connectivity index is 1.79. The number of nitrogens with one attached hydrogen (secondary N) is 3. The van der Waals surface area contributed by atoms with Crippen molar-refractivity contribution in [3.63, 3.8) is 0 Å². The van der Waals surface area contributed by atoms with Gasteiger partial charge >= 0.3 is 0 Å². The van der Waals surface area contributed by atoms with E-state index in [1.807, 2.05) is 0 Å². The van der Waals surface area contributed by atoms with Gasteiger partial charge in [-0.1, -0.05) is 0 Å². The molecule has 3 aromatic rings. The summed E-state index contributed by atoms with van der Waals surface area (Å²) in [4.78, 5) is 12.1. The molecular formula is C23H25N3O7S2. The van der Waals surface area contributed by atoms with Gasteiger partial charge in [0.15, 0.2) is 0 Å². The van der Waals surface area contributed by atoms with Crippen LogP contribution in [-0.2, 0) is 20.0 Å². The molecule has 186 valence electrons. The first-order valence-electron chi connectivity index (χ1n) is 10.4. The van der Waals surface area contributed by atoms with Gasteiger partial charge in [-0.3, -0.25) is 14.2 Å². The standard InChI is InChI=1S/C23H25N3O7S2/c1-4-24-23(27)21-15-20(13-14-22(21)33-3)35(30,31)26-17-7-11-19(12-8-17)34(28,29)25-16-5-9-18(32-2)10-6-16/h5-15,25-26H,4H2,1-3H3,(H,24,27). The zero-order chi connectivity index (χ0) is 25.6. The highest BCUT2D eigenvalue weighted by Crippen LogP contribution is 2.25. The van der Waals surface area contributed by atoms with Crippen molar-refractivity contribution in [3.8, 4) is 11.5 Å². The van der Waals surface area contributed by atoms with Crippen LogP contribution in [0.5, 0.6) is 11.5 Å². The van der Waals surface area contributed by atoms with Crippen LogP contribution in [0.3, 0.4) is 0 Å².